The summed E-state index contributed by atoms with van der Waals surface area (Å²) < 4.78 is 46.4. The molecule has 33 heavy (non-hydrogen) atoms. The summed E-state index contributed by atoms with van der Waals surface area (Å²) in [5.41, 5.74) is 1.12. The number of halogens is 3. The number of cyclic esters (lactones) is 1. The second-order valence-electron chi connectivity index (χ2n) is 8.11. The van der Waals surface area contributed by atoms with Crippen molar-refractivity contribution in [2.24, 2.45) is 0 Å². The first-order valence-electron chi connectivity index (χ1n) is 10.6. The highest BCUT2D eigenvalue weighted by Gasteiger charge is 2.43. The third-order valence-electron chi connectivity index (χ3n) is 6.16. The molecule has 0 radical (unpaired) electrons. The molecule has 170 valence electrons. The van der Waals surface area contributed by atoms with E-state index in [2.05, 4.69) is 0 Å². The average Bonchev–Trinajstić information content (AvgIpc) is 2.79. The number of aldehydes is 1. The maximum absolute atomic E-state index is 14.1. The Morgan fingerprint density at radius 2 is 1.67 bits per heavy atom. The van der Waals surface area contributed by atoms with Crippen molar-refractivity contribution in [3.05, 3.63) is 95.3 Å². The monoisotopic (exact) mass is 453 g/mol. The van der Waals surface area contributed by atoms with E-state index < -0.39 is 29.1 Å². The lowest BCUT2D eigenvalue weighted by molar-refractivity contribution is -0.117. The van der Waals surface area contributed by atoms with E-state index in [1.807, 2.05) is 6.92 Å². The Morgan fingerprint density at radius 3 is 2.27 bits per heavy atom. The number of benzene rings is 3. The standard InChI is InChI=1S/C26H22F3NO3/c1-17(18-2-4-19(5-3-18)23-11-10-22(28)16-24(23)29)30-14-12-26(13-15-31,33-25(30)32)20-6-8-21(27)9-7-20/h2-11,15-17H,12-14H2,1H3/t17-,26?/m0/s1. The molecule has 0 spiro atoms. The molecule has 3 aromatic carbocycles. The summed E-state index contributed by atoms with van der Waals surface area (Å²) in [5.74, 6) is -1.71. The number of rotatable bonds is 6. The normalized spacial score (nSPS) is 19.2. The van der Waals surface area contributed by atoms with Gasteiger partial charge in [-0.2, -0.15) is 0 Å². The minimum atomic E-state index is -1.13. The third-order valence-corrected chi connectivity index (χ3v) is 6.16. The van der Waals surface area contributed by atoms with Gasteiger partial charge in [-0.3, -0.25) is 0 Å². The SMILES string of the molecule is C[C@@H](c1ccc(-c2ccc(F)cc2F)cc1)N1CCC(CC=O)(c2ccc(F)cc2)OC1=O. The Balaban J connectivity index is 1.52. The molecule has 1 amide bonds. The molecule has 1 aliphatic rings. The molecule has 1 aliphatic heterocycles. The van der Waals surface area contributed by atoms with Crippen molar-refractivity contribution in [3.8, 4) is 11.1 Å². The molecular weight excluding hydrogens is 431 g/mol. The van der Waals surface area contributed by atoms with E-state index in [0.717, 1.165) is 11.6 Å². The topological polar surface area (TPSA) is 46.6 Å². The number of nitrogens with zero attached hydrogens (tertiary/aromatic N) is 1. The minimum Gasteiger partial charge on any atom is -0.437 e. The van der Waals surface area contributed by atoms with Crippen molar-refractivity contribution in [2.75, 3.05) is 6.54 Å². The Kier molecular flexibility index (Phi) is 6.22. The first kappa shape index (κ1) is 22.6. The van der Waals surface area contributed by atoms with Gasteiger partial charge in [0.15, 0.2) is 0 Å². The average molecular weight is 453 g/mol. The van der Waals surface area contributed by atoms with E-state index >= 15 is 0 Å². The molecular formula is C26H22F3NO3. The molecule has 0 aromatic heterocycles. The van der Waals surface area contributed by atoms with Crippen molar-refractivity contribution < 1.29 is 27.5 Å². The highest BCUT2D eigenvalue weighted by atomic mass is 19.1. The van der Waals surface area contributed by atoms with Crippen LogP contribution in [0.15, 0.2) is 66.7 Å². The maximum Gasteiger partial charge on any atom is 0.411 e. The van der Waals surface area contributed by atoms with Gasteiger partial charge in [0.1, 0.15) is 29.3 Å². The molecule has 1 fully saturated rings. The summed E-state index contributed by atoms with van der Waals surface area (Å²) in [6.45, 7) is 2.18. The van der Waals surface area contributed by atoms with Crippen molar-refractivity contribution >= 4 is 12.4 Å². The van der Waals surface area contributed by atoms with E-state index in [-0.39, 0.29) is 18.0 Å². The van der Waals surface area contributed by atoms with Crippen LogP contribution in [0.4, 0.5) is 18.0 Å². The van der Waals surface area contributed by atoms with Gasteiger partial charge >= 0.3 is 6.09 Å². The number of amides is 1. The van der Waals surface area contributed by atoms with Crippen LogP contribution < -0.4 is 0 Å². The molecule has 1 heterocycles. The van der Waals surface area contributed by atoms with E-state index in [4.69, 9.17) is 4.74 Å². The van der Waals surface area contributed by atoms with Gasteiger partial charge in [-0.15, -0.1) is 0 Å². The lowest BCUT2D eigenvalue weighted by atomic mass is 9.86. The van der Waals surface area contributed by atoms with Crippen molar-refractivity contribution in [3.63, 3.8) is 0 Å². The van der Waals surface area contributed by atoms with E-state index in [1.54, 1.807) is 29.2 Å². The lowest BCUT2D eigenvalue weighted by Crippen LogP contribution is -2.48. The largest absolute Gasteiger partial charge is 0.437 e. The molecule has 0 bridgehead atoms. The van der Waals surface area contributed by atoms with Gasteiger partial charge in [0.25, 0.3) is 0 Å². The summed E-state index contributed by atoms with van der Waals surface area (Å²) in [6.07, 6.45) is 0.466. The summed E-state index contributed by atoms with van der Waals surface area (Å²) in [7, 11) is 0. The van der Waals surface area contributed by atoms with E-state index in [9.17, 15) is 22.8 Å². The van der Waals surface area contributed by atoms with Gasteiger partial charge < -0.3 is 14.4 Å². The fourth-order valence-electron chi connectivity index (χ4n) is 4.22. The van der Waals surface area contributed by atoms with Crippen LogP contribution in [-0.4, -0.2) is 23.8 Å². The van der Waals surface area contributed by atoms with E-state index in [1.165, 1.54) is 36.4 Å². The van der Waals surface area contributed by atoms with Gasteiger partial charge in [0, 0.05) is 31.0 Å². The van der Waals surface area contributed by atoms with Gasteiger partial charge in [-0.05, 0) is 47.9 Å². The van der Waals surface area contributed by atoms with Gasteiger partial charge in [0.05, 0.1) is 6.04 Å². The lowest BCUT2D eigenvalue weighted by Gasteiger charge is -2.42. The van der Waals surface area contributed by atoms with Crippen LogP contribution >= 0.6 is 0 Å². The van der Waals surface area contributed by atoms with Gasteiger partial charge in [-0.1, -0.05) is 36.4 Å². The number of carbonyl (C=O) groups is 2. The Hall–Kier alpha value is -3.61. The maximum atomic E-state index is 14.1. The zero-order valence-electron chi connectivity index (χ0n) is 17.9. The quantitative estimate of drug-likeness (QED) is 0.420. The zero-order valence-corrected chi connectivity index (χ0v) is 17.9. The van der Waals surface area contributed by atoms with E-state index in [0.29, 0.717) is 30.4 Å². The van der Waals surface area contributed by atoms with Crippen molar-refractivity contribution in [1.82, 2.24) is 4.90 Å². The number of ether oxygens (including phenoxy) is 1. The third kappa shape index (κ3) is 4.49. The fourth-order valence-corrected chi connectivity index (χ4v) is 4.22. The Labute approximate surface area is 189 Å². The predicted molar refractivity (Wildman–Crippen MR) is 117 cm³/mol. The molecule has 3 aromatic rings. The first-order valence-corrected chi connectivity index (χ1v) is 10.6. The molecule has 4 nitrogen and oxygen atoms in total. The fraction of sp³-hybridized carbons (Fsp3) is 0.231. The highest BCUT2D eigenvalue weighted by molar-refractivity contribution is 5.71. The molecule has 0 saturated carbocycles. The smallest absolute Gasteiger partial charge is 0.411 e. The zero-order chi connectivity index (χ0) is 23.6. The number of hydrogen-bond acceptors (Lipinski definition) is 3. The summed E-state index contributed by atoms with van der Waals surface area (Å²) in [6, 6.07) is 15.7. The van der Waals surface area contributed by atoms with Crippen LogP contribution in [0, 0.1) is 17.5 Å². The number of hydrogen-bond donors (Lipinski definition) is 0. The Bertz CT molecular complexity index is 1160. The first-order chi connectivity index (χ1) is 15.8. The van der Waals surface area contributed by atoms with Crippen LogP contribution in [0.1, 0.15) is 36.9 Å². The molecule has 0 aliphatic carbocycles. The van der Waals surface area contributed by atoms with Crippen LogP contribution in [0.5, 0.6) is 0 Å². The molecule has 2 atom stereocenters. The molecule has 4 rings (SSSR count). The van der Waals surface area contributed by atoms with Gasteiger partial charge in [-0.25, -0.2) is 18.0 Å². The summed E-state index contributed by atoms with van der Waals surface area (Å²) in [4.78, 5) is 25.8. The predicted octanol–water partition coefficient (Wildman–Crippen LogP) is 6.16. The molecule has 0 N–H and O–H groups in total. The Morgan fingerprint density at radius 1 is 1.00 bits per heavy atom. The van der Waals surface area contributed by atoms with Crippen molar-refractivity contribution in [1.29, 1.82) is 0 Å². The second-order valence-corrected chi connectivity index (χ2v) is 8.11. The number of carbonyl (C=O) groups excluding carboxylic acids is 2. The van der Waals surface area contributed by atoms with Gasteiger partial charge in [0.2, 0.25) is 0 Å². The molecule has 1 unspecified atom stereocenters. The van der Waals surface area contributed by atoms with Crippen LogP contribution in [0.3, 0.4) is 0 Å². The minimum absolute atomic E-state index is 0.0233. The van der Waals surface area contributed by atoms with Crippen LogP contribution in [0.2, 0.25) is 0 Å². The van der Waals surface area contributed by atoms with Crippen molar-refractivity contribution in [2.45, 2.75) is 31.4 Å². The second kappa shape index (κ2) is 9.10. The van der Waals surface area contributed by atoms with Crippen LogP contribution in [-0.2, 0) is 15.1 Å². The summed E-state index contributed by atoms with van der Waals surface area (Å²) >= 11 is 0. The summed E-state index contributed by atoms with van der Waals surface area (Å²) in [5, 5.41) is 0. The highest BCUT2D eigenvalue weighted by Crippen LogP contribution is 2.39. The van der Waals surface area contributed by atoms with Crippen LogP contribution in [0.25, 0.3) is 11.1 Å². The molecule has 1 saturated heterocycles. The molecule has 7 heteroatoms.